The smallest absolute Gasteiger partial charge is 0.213 e. The van der Waals surface area contributed by atoms with Crippen LogP contribution in [0.2, 0.25) is 5.02 Å². The van der Waals surface area contributed by atoms with E-state index in [1.54, 1.807) is 25.6 Å². The lowest BCUT2D eigenvalue weighted by Crippen LogP contribution is -2.50. The molecule has 3 aliphatic rings. The van der Waals surface area contributed by atoms with Crippen molar-refractivity contribution in [1.82, 2.24) is 25.2 Å². The number of aliphatic hydroxyl groups excluding tert-OH is 1. The molecule has 10 heteroatoms. The minimum Gasteiger partial charge on any atom is -0.486 e. The van der Waals surface area contributed by atoms with Crippen molar-refractivity contribution < 1.29 is 19.3 Å². The molecule has 6 heterocycles. The number of nitrogens with one attached hydrogen (secondary N) is 1. The number of ether oxygens (including phenoxy) is 3. The Bertz CT molecular complexity index is 1250. The predicted octanol–water partition coefficient (Wildman–Crippen LogP) is 3.28. The van der Waals surface area contributed by atoms with Crippen LogP contribution in [0.4, 0.5) is 0 Å². The van der Waals surface area contributed by atoms with Gasteiger partial charge >= 0.3 is 0 Å². The van der Waals surface area contributed by atoms with Gasteiger partial charge in [-0.1, -0.05) is 11.6 Å². The number of hydrogen-bond acceptors (Lipinski definition) is 9. The molecule has 6 rings (SSSR count). The normalized spacial score (nSPS) is 24.1. The maximum atomic E-state index is 11.3. The summed E-state index contributed by atoms with van der Waals surface area (Å²) in [5, 5.41) is 15.4. The third-order valence-electron chi connectivity index (χ3n) is 7.55. The van der Waals surface area contributed by atoms with Gasteiger partial charge in [0.25, 0.3) is 0 Å². The van der Waals surface area contributed by atoms with Gasteiger partial charge in [-0.2, -0.15) is 0 Å². The monoisotopic (exact) mass is 511 g/mol. The highest BCUT2D eigenvalue weighted by molar-refractivity contribution is 6.32. The molecule has 3 atom stereocenters. The van der Waals surface area contributed by atoms with E-state index < -0.39 is 6.10 Å². The average Bonchev–Trinajstić information content (AvgIpc) is 3.13. The van der Waals surface area contributed by atoms with Crippen molar-refractivity contribution in [2.24, 2.45) is 0 Å². The third-order valence-corrected chi connectivity index (χ3v) is 7.85. The molecule has 0 radical (unpaired) electrons. The van der Waals surface area contributed by atoms with Crippen LogP contribution in [0.5, 0.6) is 17.4 Å². The molecule has 3 aromatic heterocycles. The molecule has 3 aromatic rings. The molecule has 190 valence electrons. The molecule has 2 bridgehead atoms. The maximum absolute atomic E-state index is 11.3. The van der Waals surface area contributed by atoms with Crippen molar-refractivity contribution in [1.29, 1.82) is 0 Å². The standard InChI is InChI=1S/C26H30ClN5O4/c1-34-24-5-4-20-26(31-24)25(19(27)12-30-20)21(33)14-32-17-2-3-18(32)9-15(8-17)28-11-16-10-22-23(13-29-16)36-7-6-35-22/h4-5,10,12-13,15,17-18,21,28,33H,2-3,6-9,11,14H2,1H3. The van der Waals surface area contributed by atoms with E-state index in [0.29, 0.717) is 77.7 Å². The van der Waals surface area contributed by atoms with E-state index in [9.17, 15) is 5.11 Å². The van der Waals surface area contributed by atoms with Crippen LogP contribution in [0.1, 0.15) is 43.0 Å². The first-order valence-electron chi connectivity index (χ1n) is 12.5. The summed E-state index contributed by atoms with van der Waals surface area (Å²) in [6, 6.07) is 6.80. The quantitative estimate of drug-likeness (QED) is 0.494. The fraction of sp³-hybridized carbons (Fsp3) is 0.500. The van der Waals surface area contributed by atoms with E-state index in [4.69, 9.17) is 25.8 Å². The molecule has 2 N–H and O–H groups in total. The van der Waals surface area contributed by atoms with E-state index in [2.05, 4.69) is 25.2 Å². The highest BCUT2D eigenvalue weighted by Gasteiger charge is 2.41. The summed E-state index contributed by atoms with van der Waals surface area (Å²) in [5.41, 5.74) is 2.84. The molecule has 0 saturated carbocycles. The minimum atomic E-state index is -0.767. The highest BCUT2D eigenvalue weighted by atomic mass is 35.5. The first-order chi connectivity index (χ1) is 17.6. The number of pyridine rings is 3. The van der Waals surface area contributed by atoms with Crippen molar-refractivity contribution in [3.05, 3.63) is 46.9 Å². The van der Waals surface area contributed by atoms with Gasteiger partial charge in [-0.15, -0.1) is 0 Å². The van der Waals surface area contributed by atoms with Crippen LogP contribution < -0.4 is 19.5 Å². The van der Waals surface area contributed by atoms with Gasteiger partial charge in [-0.3, -0.25) is 14.9 Å². The Labute approximate surface area is 214 Å². The van der Waals surface area contributed by atoms with Crippen LogP contribution in [0.25, 0.3) is 11.0 Å². The number of aromatic nitrogens is 3. The van der Waals surface area contributed by atoms with Gasteiger partial charge in [-0.05, 0) is 31.7 Å². The first kappa shape index (κ1) is 23.7. The predicted molar refractivity (Wildman–Crippen MR) is 135 cm³/mol. The zero-order valence-corrected chi connectivity index (χ0v) is 20.9. The lowest BCUT2D eigenvalue weighted by atomic mass is 9.96. The summed E-state index contributed by atoms with van der Waals surface area (Å²) in [5.74, 6) is 1.96. The zero-order chi connectivity index (χ0) is 24.6. The molecule has 2 saturated heterocycles. The van der Waals surface area contributed by atoms with Crippen molar-refractivity contribution in [2.75, 3.05) is 26.9 Å². The van der Waals surface area contributed by atoms with Gasteiger partial charge < -0.3 is 24.6 Å². The van der Waals surface area contributed by atoms with Crippen LogP contribution in [-0.2, 0) is 6.54 Å². The second-order valence-corrected chi connectivity index (χ2v) is 10.1. The fourth-order valence-electron chi connectivity index (χ4n) is 5.84. The van der Waals surface area contributed by atoms with Gasteiger partial charge in [-0.25, -0.2) is 4.98 Å². The largest absolute Gasteiger partial charge is 0.486 e. The molecule has 3 unspecified atom stereocenters. The minimum absolute atomic E-state index is 0.405. The number of fused-ring (bicyclic) bond motifs is 4. The van der Waals surface area contributed by atoms with E-state index in [-0.39, 0.29) is 0 Å². The lowest BCUT2D eigenvalue weighted by molar-refractivity contribution is 0.0521. The second kappa shape index (κ2) is 9.97. The summed E-state index contributed by atoms with van der Waals surface area (Å²) >= 11 is 6.51. The SMILES string of the molecule is COc1ccc2ncc(Cl)c(C(O)CN3C4CCC3CC(NCc3cc5c(cn3)OCCO5)C4)c2n1. The van der Waals surface area contributed by atoms with Gasteiger partial charge in [0.1, 0.15) is 18.7 Å². The maximum Gasteiger partial charge on any atom is 0.213 e. The molecule has 2 fully saturated rings. The summed E-state index contributed by atoms with van der Waals surface area (Å²) in [6.45, 7) is 2.34. The number of aliphatic hydroxyl groups is 1. The van der Waals surface area contributed by atoms with Crippen LogP contribution in [0, 0.1) is 0 Å². The molecule has 0 amide bonds. The lowest BCUT2D eigenvalue weighted by Gasteiger charge is -2.40. The summed E-state index contributed by atoms with van der Waals surface area (Å²) in [7, 11) is 1.57. The van der Waals surface area contributed by atoms with E-state index in [1.165, 1.54) is 0 Å². The first-order valence-corrected chi connectivity index (χ1v) is 12.9. The Morgan fingerprint density at radius 3 is 2.69 bits per heavy atom. The molecule has 0 spiro atoms. The fourth-order valence-corrected chi connectivity index (χ4v) is 6.10. The van der Waals surface area contributed by atoms with E-state index in [1.807, 2.05) is 12.1 Å². The van der Waals surface area contributed by atoms with Crippen molar-refractivity contribution in [3.63, 3.8) is 0 Å². The topological polar surface area (TPSA) is 102 Å². The Hall–Kier alpha value is -2.72. The van der Waals surface area contributed by atoms with Crippen LogP contribution >= 0.6 is 11.6 Å². The Kier molecular flexibility index (Phi) is 6.55. The van der Waals surface area contributed by atoms with E-state index in [0.717, 1.165) is 37.1 Å². The number of nitrogens with zero attached hydrogens (tertiary/aromatic N) is 4. The average molecular weight is 512 g/mol. The van der Waals surface area contributed by atoms with Crippen LogP contribution in [-0.4, -0.2) is 70.0 Å². The van der Waals surface area contributed by atoms with Crippen molar-refractivity contribution in [3.8, 4) is 17.4 Å². The van der Waals surface area contributed by atoms with Gasteiger partial charge in [0.15, 0.2) is 11.5 Å². The molecule has 3 aliphatic heterocycles. The summed E-state index contributed by atoms with van der Waals surface area (Å²) in [4.78, 5) is 15.9. The Morgan fingerprint density at radius 1 is 1.14 bits per heavy atom. The van der Waals surface area contributed by atoms with Crippen molar-refractivity contribution in [2.45, 2.75) is 56.5 Å². The number of rotatable bonds is 7. The molecule has 0 aliphatic carbocycles. The summed E-state index contributed by atoms with van der Waals surface area (Å²) < 4.78 is 16.5. The summed E-state index contributed by atoms with van der Waals surface area (Å²) in [6.07, 6.45) is 6.90. The van der Waals surface area contributed by atoms with Crippen LogP contribution in [0.15, 0.2) is 30.6 Å². The van der Waals surface area contributed by atoms with Gasteiger partial charge in [0, 0.05) is 55.1 Å². The Morgan fingerprint density at radius 2 is 1.92 bits per heavy atom. The van der Waals surface area contributed by atoms with Gasteiger partial charge in [0.05, 0.1) is 35.6 Å². The zero-order valence-electron chi connectivity index (χ0n) is 20.2. The number of halogens is 1. The highest BCUT2D eigenvalue weighted by Crippen LogP contribution is 2.39. The second-order valence-electron chi connectivity index (χ2n) is 9.71. The van der Waals surface area contributed by atoms with Crippen LogP contribution in [0.3, 0.4) is 0 Å². The van der Waals surface area contributed by atoms with E-state index >= 15 is 0 Å². The third kappa shape index (κ3) is 4.56. The number of hydrogen-bond donors (Lipinski definition) is 2. The number of piperidine rings is 1. The molecular formula is C26H30ClN5O4. The Balaban J connectivity index is 1.12. The number of methoxy groups -OCH3 is 1. The van der Waals surface area contributed by atoms with Crippen molar-refractivity contribution >= 4 is 22.6 Å². The molecular weight excluding hydrogens is 482 g/mol. The molecule has 9 nitrogen and oxygen atoms in total. The van der Waals surface area contributed by atoms with Gasteiger partial charge in [0.2, 0.25) is 5.88 Å². The molecule has 0 aromatic carbocycles. The molecule has 36 heavy (non-hydrogen) atoms.